The number of halogens is 1. The first-order valence-corrected chi connectivity index (χ1v) is 5.74. The van der Waals surface area contributed by atoms with Gasteiger partial charge in [-0.3, -0.25) is 5.10 Å². The van der Waals surface area contributed by atoms with Gasteiger partial charge in [-0.1, -0.05) is 60.7 Å². The fraction of sp³-hybridized carbons (Fsp3) is 0. The van der Waals surface area contributed by atoms with E-state index in [1.165, 1.54) is 0 Å². The van der Waals surface area contributed by atoms with Gasteiger partial charge in [0.1, 0.15) is 11.4 Å². The zero-order valence-electron chi connectivity index (χ0n) is 10.1. The SMILES string of the molecule is Br.Oc1c(-c2ccccc2)n[nH]c1-c1ccccc1. The molecule has 1 aromatic heterocycles. The molecule has 3 aromatic rings. The van der Waals surface area contributed by atoms with Crippen molar-refractivity contribution in [2.24, 2.45) is 0 Å². The highest BCUT2D eigenvalue weighted by atomic mass is 79.9. The largest absolute Gasteiger partial charge is 0.504 e. The van der Waals surface area contributed by atoms with E-state index < -0.39 is 0 Å². The molecule has 0 spiro atoms. The molecule has 3 rings (SSSR count). The molecule has 2 N–H and O–H groups in total. The van der Waals surface area contributed by atoms with Gasteiger partial charge in [0.25, 0.3) is 0 Å². The van der Waals surface area contributed by atoms with Gasteiger partial charge in [-0.25, -0.2) is 0 Å². The van der Waals surface area contributed by atoms with E-state index in [4.69, 9.17) is 0 Å². The van der Waals surface area contributed by atoms with Crippen LogP contribution in [0.1, 0.15) is 0 Å². The summed E-state index contributed by atoms with van der Waals surface area (Å²) in [5.41, 5.74) is 3.04. The van der Waals surface area contributed by atoms with Gasteiger partial charge in [-0.05, 0) is 0 Å². The van der Waals surface area contributed by atoms with Crippen molar-refractivity contribution in [3.63, 3.8) is 0 Å². The second-order valence-electron chi connectivity index (χ2n) is 4.03. The Morgan fingerprint density at radius 3 is 1.89 bits per heavy atom. The van der Waals surface area contributed by atoms with E-state index in [0.29, 0.717) is 11.4 Å². The van der Waals surface area contributed by atoms with E-state index >= 15 is 0 Å². The Morgan fingerprint density at radius 1 is 0.789 bits per heavy atom. The van der Waals surface area contributed by atoms with Gasteiger partial charge in [0.15, 0.2) is 5.75 Å². The minimum absolute atomic E-state index is 0. The molecular weight excluding hydrogens is 304 g/mol. The molecule has 0 aliphatic heterocycles. The van der Waals surface area contributed by atoms with E-state index in [9.17, 15) is 5.11 Å². The number of H-pyrrole nitrogens is 1. The summed E-state index contributed by atoms with van der Waals surface area (Å²) in [6.45, 7) is 0. The van der Waals surface area contributed by atoms with Crippen molar-refractivity contribution in [1.29, 1.82) is 0 Å². The van der Waals surface area contributed by atoms with Crippen LogP contribution in [0.15, 0.2) is 60.7 Å². The fourth-order valence-corrected chi connectivity index (χ4v) is 1.94. The average molecular weight is 317 g/mol. The summed E-state index contributed by atoms with van der Waals surface area (Å²) in [5, 5.41) is 17.3. The monoisotopic (exact) mass is 316 g/mol. The number of aromatic nitrogens is 2. The zero-order valence-corrected chi connectivity index (χ0v) is 11.8. The summed E-state index contributed by atoms with van der Waals surface area (Å²) in [5.74, 6) is 0.187. The van der Waals surface area contributed by atoms with E-state index in [-0.39, 0.29) is 22.7 Å². The Kier molecular flexibility index (Phi) is 4.02. The van der Waals surface area contributed by atoms with Crippen molar-refractivity contribution < 1.29 is 5.11 Å². The summed E-state index contributed by atoms with van der Waals surface area (Å²) in [6, 6.07) is 19.3. The van der Waals surface area contributed by atoms with Crippen LogP contribution < -0.4 is 0 Å². The Bertz CT molecular complexity index is 593. The molecule has 0 saturated heterocycles. The molecule has 19 heavy (non-hydrogen) atoms. The molecule has 1 heterocycles. The molecular formula is C15H13BrN2O. The number of nitrogens with one attached hydrogen (secondary N) is 1. The first kappa shape index (κ1) is 13.4. The Hall–Kier alpha value is -2.07. The van der Waals surface area contributed by atoms with Crippen LogP contribution in [-0.2, 0) is 0 Å². The van der Waals surface area contributed by atoms with Gasteiger partial charge in [0, 0.05) is 11.1 Å². The maximum Gasteiger partial charge on any atom is 0.169 e. The van der Waals surface area contributed by atoms with E-state index in [1.54, 1.807) is 0 Å². The summed E-state index contributed by atoms with van der Waals surface area (Å²) in [7, 11) is 0. The predicted molar refractivity (Wildman–Crippen MR) is 81.4 cm³/mol. The number of aromatic hydroxyl groups is 1. The molecule has 0 fully saturated rings. The average Bonchev–Trinajstić information content (AvgIpc) is 2.83. The highest BCUT2D eigenvalue weighted by Crippen LogP contribution is 2.35. The maximum atomic E-state index is 10.2. The van der Waals surface area contributed by atoms with Gasteiger partial charge >= 0.3 is 0 Å². The number of rotatable bonds is 2. The lowest BCUT2D eigenvalue weighted by molar-refractivity contribution is 0.479. The minimum atomic E-state index is 0. The minimum Gasteiger partial charge on any atom is -0.504 e. The molecule has 0 unspecified atom stereocenters. The second-order valence-corrected chi connectivity index (χ2v) is 4.03. The van der Waals surface area contributed by atoms with Crippen molar-refractivity contribution >= 4 is 17.0 Å². The highest BCUT2D eigenvalue weighted by Gasteiger charge is 2.14. The molecule has 0 aliphatic carbocycles. The zero-order chi connectivity index (χ0) is 12.4. The molecule has 0 bridgehead atoms. The van der Waals surface area contributed by atoms with Crippen molar-refractivity contribution in [2.45, 2.75) is 0 Å². The van der Waals surface area contributed by atoms with Crippen LogP contribution in [0.2, 0.25) is 0 Å². The summed E-state index contributed by atoms with van der Waals surface area (Å²) >= 11 is 0. The molecule has 0 saturated carbocycles. The van der Waals surface area contributed by atoms with Gasteiger partial charge < -0.3 is 5.11 Å². The van der Waals surface area contributed by atoms with Crippen LogP contribution in [0.3, 0.4) is 0 Å². The van der Waals surface area contributed by atoms with Crippen LogP contribution >= 0.6 is 17.0 Å². The van der Waals surface area contributed by atoms with E-state index in [1.807, 2.05) is 60.7 Å². The predicted octanol–water partition coefficient (Wildman–Crippen LogP) is 4.03. The third-order valence-electron chi connectivity index (χ3n) is 2.85. The molecule has 0 radical (unpaired) electrons. The molecule has 0 aliphatic rings. The molecule has 2 aromatic carbocycles. The van der Waals surface area contributed by atoms with Crippen LogP contribution in [0.4, 0.5) is 0 Å². The van der Waals surface area contributed by atoms with Crippen LogP contribution in [-0.4, -0.2) is 15.3 Å². The molecule has 4 heteroatoms. The standard InChI is InChI=1S/C15H12N2O.BrH/c18-15-13(11-7-3-1-4-8-11)16-17-14(15)12-9-5-2-6-10-12;/h1-10,18H,(H,16,17);1H. The normalized spacial score (nSPS) is 9.89. The highest BCUT2D eigenvalue weighted by molar-refractivity contribution is 8.93. The number of hydrogen-bond donors (Lipinski definition) is 2. The van der Waals surface area contributed by atoms with Crippen LogP contribution in [0.5, 0.6) is 5.75 Å². The summed E-state index contributed by atoms with van der Waals surface area (Å²) in [6.07, 6.45) is 0. The number of aromatic amines is 1. The molecule has 0 amide bonds. The lowest BCUT2D eigenvalue weighted by atomic mass is 10.1. The van der Waals surface area contributed by atoms with Crippen molar-refractivity contribution in [3.8, 4) is 28.3 Å². The van der Waals surface area contributed by atoms with Gasteiger partial charge in [0.05, 0.1) is 0 Å². The number of benzene rings is 2. The molecule has 96 valence electrons. The Labute approximate surface area is 121 Å². The third-order valence-corrected chi connectivity index (χ3v) is 2.85. The first-order chi connectivity index (χ1) is 8.86. The van der Waals surface area contributed by atoms with Gasteiger partial charge in [-0.15, -0.1) is 17.0 Å². The second kappa shape index (κ2) is 5.71. The van der Waals surface area contributed by atoms with Crippen LogP contribution in [0.25, 0.3) is 22.5 Å². The smallest absolute Gasteiger partial charge is 0.169 e. The Balaban J connectivity index is 0.00000133. The Morgan fingerprint density at radius 2 is 1.32 bits per heavy atom. The van der Waals surface area contributed by atoms with Crippen LogP contribution in [0, 0.1) is 0 Å². The van der Waals surface area contributed by atoms with Gasteiger partial charge in [0.2, 0.25) is 0 Å². The van der Waals surface area contributed by atoms with E-state index in [0.717, 1.165) is 11.1 Å². The third kappa shape index (κ3) is 2.53. The lowest BCUT2D eigenvalue weighted by Crippen LogP contribution is -1.77. The van der Waals surface area contributed by atoms with E-state index in [2.05, 4.69) is 10.2 Å². The molecule has 0 atom stereocenters. The maximum absolute atomic E-state index is 10.2. The fourth-order valence-electron chi connectivity index (χ4n) is 1.94. The van der Waals surface area contributed by atoms with Gasteiger partial charge in [-0.2, -0.15) is 5.10 Å². The van der Waals surface area contributed by atoms with Crippen molar-refractivity contribution in [3.05, 3.63) is 60.7 Å². The molecule has 3 nitrogen and oxygen atoms in total. The quantitative estimate of drug-likeness (QED) is 0.750. The van der Waals surface area contributed by atoms with Crippen molar-refractivity contribution in [1.82, 2.24) is 10.2 Å². The summed E-state index contributed by atoms with van der Waals surface area (Å²) in [4.78, 5) is 0. The first-order valence-electron chi connectivity index (χ1n) is 5.74. The topological polar surface area (TPSA) is 48.9 Å². The number of nitrogens with zero attached hydrogens (tertiary/aromatic N) is 1. The summed E-state index contributed by atoms with van der Waals surface area (Å²) < 4.78 is 0. The number of hydrogen-bond acceptors (Lipinski definition) is 2. The lowest BCUT2D eigenvalue weighted by Gasteiger charge is -1.99. The van der Waals surface area contributed by atoms with Crippen molar-refractivity contribution in [2.75, 3.05) is 0 Å².